The minimum absolute atomic E-state index is 0.186. The van der Waals surface area contributed by atoms with Crippen LogP contribution in [0.15, 0.2) is 52.3 Å². The molecule has 2 aliphatic rings. The van der Waals surface area contributed by atoms with Crippen LogP contribution in [0.4, 0.5) is 5.82 Å². The van der Waals surface area contributed by atoms with Crippen molar-refractivity contribution in [2.75, 3.05) is 18.0 Å². The van der Waals surface area contributed by atoms with Crippen LogP contribution in [0.1, 0.15) is 42.4 Å². The molecule has 35 heavy (non-hydrogen) atoms. The lowest BCUT2D eigenvalue weighted by Gasteiger charge is -2.23. The summed E-state index contributed by atoms with van der Waals surface area (Å²) in [6.07, 6.45) is 7.90. The quantitative estimate of drug-likeness (QED) is 0.335. The lowest BCUT2D eigenvalue weighted by atomic mass is 10.2. The van der Waals surface area contributed by atoms with Crippen molar-refractivity contribution in [3.8, 4) is 0 Å². The molecular formula is C26H25ClN4O2S2. The monoisotopic (exact) mass is 524 g/mol. The standard InChI is InChI=1S/C26H25ClN4O2S2/c1-17-10-11-22-28-23(29-12-6-2-3-7-13-29)19(24(32)30(22)15-17)14-21-25(33)31(26(34)35-21)16-18-8-4-5-9-20(18)27/h4-5,8-11,14-15H,2-3,6-7,12-13,16H2,1H3/b21-14+. The van der Waals surface area contributed by atoms with Crippen LogP contribution in [0.2, 0.25) is 5.02 Å². The number of hydrogen-bond donors (Lipinski definition) is 0. The lowest BCUT2D eigenvalue weighted by molar-refractivity contribution is -0.122. The predicted molar refractivity (Wildman–Crippen MR) is 147 cm³/mol. The second kappa shape index (κ2) is 10.1. The van der Waals surface area contributed by atoms with E-state index >= 15 is 0 Å². The van der Waals surface area contributed by atoms with E-state index in [2.05, 4.69) is 4.90 Å². The first kappa shape index (κ1) is 24.0. The first-order valence-electron chi connectivity index (χ1n) is 11.7. The lowest BCUT2D eigenvalue weighted by Crippen LogP contribution is -2.30. The number of hydrogen-bond acceptors (Lipinski definition) is 6. The Morgan fingerprint density at radius 3 is 2.57 bits per heavy atom. The van der Waals surface area contributed by atoms with Gasteiger partial charge in [0.15, 0.2) is 0 Å². The van der Waals surface area contributed by atoms with Crippen LogP contribution >= 0.6 is 35.6 Å². The Balaban J connectivity index is 1.58. The summed E-state index contributed by atoms with van der Waals surface area (Å²) >= 11 is 13.1. The topological polar surface area (TPSA) is 57.9 Å². The number of pyridine rings is 1. The number of halogens is 1. The minimum Gasteiger partial charge on any atom is -0.356 e. The summed E-state index contributed by atoms with van der Waals surface area (Å²) < 4.78 is 2.01. The zero-order valence-corrected chi connectivity index (χ0v) is 21.8. The van der Waals surface area contributed by atoms with E-state index in [0.717, 1.165) is 49.9 Å². The van der Waals surface area contributed by atoms with Crippen molar-refractivity contribution in [3.05, 3.63) is 79.6 Å². The van der Waals surface area contributed by atoms with E-state index in [1.165, 1.54) is 16.7 Å². The first-order valence-corrected chi connectivity index (χ1v) is 13.3. The van der Waals surface area contributed by atoms with Gasteiger partial charge in [0.05, 0.1) is 17.0 Å². The fraction of sp³-hybridized carbons (Fsp3) is 0.308. The zero-order valence-electron chi connectivity index (χ0n) is 19.4. The van der Waals surface area contributed by atoms with Crippen molar-refractivity contribution >= 4 is 63.3 Å². The molecule has 0 aliphatic carbocycles. The summed E-state index contributed by atoms with van der Waals surface area (Å²) in [6, 6.07) is 11.2. The number of thioether (sulfide) groups is 1. The maximum absolute atomic E-state index is 13.7. The van der Waals surface area contributed by atoms with Gasteiger partial charge in [0.1, 0.15) is 15.8 Å². The molecule has 9 heteroatoms. The highest BCUT2D eigenvalue weighted by Gasteiger charge is 2.33. The average molecular weight is 525 g/mol. The summed E-state index contributed by atoms with van der Waals surface area (Å²) in [5.41, 5.74) is 2.62. The van der Waals surface area contributed by atoms with Gasteiger partial charge in [-0.1, -0.05) is 72.7 Å². The zero-order chi connectivity index (χ0) is 24.5. The Kier molecular flexibility index (Phi) is 6.95. The summed E-state index contributed by atoms with van der Waals surface area (Å²) in [4.78, 5) is 36.1. The third-order valence-electron chi connectivity index (χ3n) is 6.33. The van der Waals surface area contributed by atoms with Gasteiger partial charge in [0.2, 0.25) is 0 Å². The fourth-order valence-electron chi connectivity index (χ4n) is 4.46. The van der Waals surface area contributed by atoms with Crippen molar-refractivity contribution in [1.29, 1.82) is 0 Å². The number of anilines is 1. The Morgan fingerprint density at radius 1 is 1.09 bits per heavy atom. The number of amides is 1. The molecule has 6 nitrogen and oxygen atoms in total. The molecule has 0 bridgehead atoms. The van der Waals surface area contributed by atoms with E-state index in [9.17, 15) is 9.59 Å². The molecule has 5 rings (SSSR count). The highest BCUT2D eigenvalue weighted by Crippen LogP contribution is 2.35. The van der Waals surface area contributed by atoms with E-state index in [-0.39, 0.29) is 18.0 Å². The number of thiocarbonyl (C=S) groups is 1. The van der Waals surface area contributed by atoms with Gasteiger partial charge in [-0.05, 0) is 49.1 Å². The van der Waals surface area contributed by atoms with Gasteiger partial charge < -0.3 is 4.90 Å². The largest absolute Gasteiger partial charge is 0.356 e. The molecule has 0 saturated carbocycles. The molecule has 2 aliphatic heterocycles. The Hall–Kier alpha value is -2.68. The Morgan fingerprint density at radius 2 is 1.83 bits per heavy atom. The fourth-order valence-corrected chi connectivity index (χ4v) is 5.89. The Labute approximate surface area is 218 Å². The molecule has 4 heterocycles. The number of aromatic nitrogens is 2. The first-order chi connectivity index (χ1) is 16.9. The number of carbonyl (C=O) groups excluding carboxylic acids is 1. The molecule has 0 spiro atoms. The number of carbonyl (C=O) groups is 1. The van der Waals surface area contributed by atoms with Gasteiger partial charge in [-0.2, -0.15) is 0 Å². The third-order valence-corrected chi connectivity index (χ3v) is 8.07. The molecule has 1 aromatic carbocycles. The summed E-state index contributed by atoms with van der Waals surface area (Å²) in [5, 5.41) is 0.585. The highest BCUT2D eigenvalue weighted by molar-refractivity contribution is 8.26. The van der Waals surface area contributed by atoms with E-state index in [1.807, 2.05) is 37.3 Å². The van der Waals surface area contributed by atoms with E-state index in [4.69, 9.17) is 28.8 Å². The van der Waals surface area contributed by atoms with E-state index in [0.29, 0.717) is 31.3 Å². The van der Waals surface area contributed by atoms with Gasteiger partial charge in [-0.3, -0.25) is 18.9 Å². The molecular weight excluding hydrogens is 500 g/mol. The third kappa shape index (κ3) is 4.87. The van der Waals surface area contributed by atoms with Crippen LogP contribution in [0.25, 0.3) is 11.7 Å². The average Bonchev–Trinajstić information content (AvgIpc) is 3.02. The molecule has 1 amide bonds. The second-order valence-corrected chi connectivity index (χ2v) is 10.9. The minimum atomic E-state index is -0.226. The van der Waals surface area contributed by atoms with E-state index in [1.54, 1.807) is 22.7 Å². The Bertz CT molecular complexity index is 1410. The smallest absolute Gasteiger partial charge is 0.267 e. The van der Waals surface area contributed by atoms with Crippen LogP contribution in [-0.2, 0) is 11.3 Å². The maximum atomic E-state index is 13.7. The number of nitrogens with zero attached hydrogens (tertiary/aromatic N) is 4. The van der Waals surface area contributed by atoms with Crippen molar-refractivity contribution in [2.24, 2.45) is 0 Å². The van der Waals surface area contributed by atoms with Crippen LogP contribution in [0, 0.1) is 6.92 Å². The van der Waals surface area contributed by atoms with Gasteiger partial charge >= 0.3 is 0 Å². The number of benzene rings is 1. The number of rotatable bonds is 4. The second-order valence-electron chi connectivity index (χ2n) is 8.85. The normalized spacial score (nSPS) is 18.1. The molecule has 0 atom stereocenters. The molecule has 2 fully saturated rings. The molecule has 2 aromatic heterocycles. The van der Waals surface area contributed by atoms with Gasteiger partial charge in [0.25, 0.3) is 11.5 Å². The molecule has 180 valence electrons. The molecule has 0 radical (unpaired) electrons. The predicted octanol–water partition coefficient (Wildman–Crippen LogP) is 5.44. The van der Waals surface area contributed by atoms with E-state index < -0.39 is 0 Å². The SMILES string of the molecule is Cc1ccc2nc(N3CCCCCC3)c(/C=C3/SC(=S)N(Cc4ccccc4Cl)C3=O)c(=O)n2c1. The van der Waals surface area contributed by atoms with Crippen LogP contribution in [-0.4, -0.2) is 37.6 Å². The summed E-state index contributed by atoms with van der Waals surface area (Å²) in [7, 11) is 0. The number of aryl methyl sites for hydroxylation is 1. The highest BCUT2D eigenvalue weighted by atomic mass is 35.5. The van der Waals surface area contributed by atoms with Gasteiger partial charge in [0, 0.05) is 24.3 Å². The van der Waals surface area contributed by atoms with Crippen LogP contribution in [0.5, 0.6) is 0 Å². The van der Waals surface area contributed by atoms with Crippen molar-refractivity contribution in [2.45, 2.75) is 39.2 Å². The maximum Gasteiger partial charge on any atom is 0.267 e. The molecule has 0 N–H and O–H groups in total. The van der Waals surface area contributed by atoms with Gasteiger partial charge in [-0.25, -0.2) is 4.98 Å². The molecule has 0 unspecified atom stereocenters. The summed E-state index contributed by atoms with van der Waals surface area (Å²) in [5.74, 6) is 0.410. The van der Waals surface area contributed by atoms with Crippen LogP contribution < -0.4 is 10.5 Å². The number of fused-ring (bicyclic) bond motifs is 1. The summed E-state index contributed by atoms with van der Waals surface area (Å²) in [6.45, 7) is 3.90. The van der Waals surface area contributed by atoms with Crippen LogP contribution in [0.3, 0.4) is 0 Å². The van der Waals surface area contributed by atoms with Crippen molar-refractivity contribution in [1.82, 2.24) is 14.3 Å². The van der Waals surface area contributed by atoms with Gasteiger partial charge in [-0.15, -0.1) is 0 Å². The molecule has 3 aromatic rings. The van der Waals surface area contributed by atoms with Crippen molar-refractivity contribution in [3.63, 3.8) is 0 Å². The molecule has 2 saturated heterocycles. The van der Waals surface area contributed by atoms with Crippen molar-refractivity contribution < 1.29 is 4.79 Å².